The molecule has 1 aromatic heterocycles. The molecule has 5 nitrogen and oxygen atoms in total. The van der Waals surface area contributed by atoms with Crippen molar-refractivity contribution in [3.63, 3.8) is 0 Å². The van der Waals surface area contributed by atoms with Gasteiger partial charge in [-0.25, -0.2) is 0 Å². The number of hydrogen-bond donors (Lipinski definition) is 2. The quantitative estimate of drug-likeness (QED) is 0.850. The van der Waals surface area contributed by atoms with Gasteiger partial charge in [-0.05, 0) is 18.2 Å². The second-order valence-corrected chi connectivity index (χ2v) is 3.66. The minimum absolute atomic E-state index is 0.213. The average Bonchev–Trinajstić information content (AvgIpc) is 2.76. The third-order valence-corrected chi connectivity index (χ3v) is 2.28. The number of phenols is 1. The van der Waals surface area contributed by atoms with Crippen LogP contribution in [-0.2, 0) is 13.1 Å². The van der Waals surface area contributed by atoms with Crippen LogP contribution in [0.2, 0.25) is 5.02 Å². The van der Waals surface area contributed by atoms with E-state index >= 15 is 0 Å². The summed E-state index contributed by atoms with van der Waals surface area (Å²) in [5.74, 6) is 0.784. The van der Waals surface area contributed by atoms with Crippen molar-refractivity contribution < 1.29 is 9.63 Å². The summed E-state index contributed by atoms with van der Waals surface area (Å²) in [5.41, 5.74) is 0.732. The second-order valence-electron chi connectivity index (χ2n) is 3.22. The minimum atomic E-state index is 0.213. The van der Waals surface area contributed by atoms with E-state index < -0.39 is 0 Å². The smallest absolute Gasteiger partial charge is 0.213 e. The molecule has 84 valence electrons. The van der Waals surface area contributed by atoms with Crippen LogP contribution < -0.4 is 5.32 Å². The molecule has 0 saturated heterocycles. The highest BCUT2D eigenvalue weighted by Crippen LogP contribution is 2.21. The van der Waals surface area contributed by atoms with Gasteiger partial charge in [0.05, 0.1) is 6.54 Å². The van der Waals surface area contributed by atoms with Crippen molar-refractivity contribution in [3.05, 3.63) is 41.0 Å². The summed E-state index contributed by atoms with van der Waals surface area (Å²) in [6.07, 6.45) is 1.27. The molecular formula is C10H10ClN3O2. The lowest BCUT2D eigenvalue weighted by Gasteiger charge is -2.05. The van der Waals surface area contributed by atoms with Gasteiger partial charge < -0.3 is 14.9 Å². The van der Waals surface area contributed by atoms with Crippen molar-refractivity contribution in [3.8, 4) is 5.75 Å². The number of aromatic nitrogens is 2. The third kappa shape index (κ3) is 2.71. The number of halogens is 1. The zero-order chi connectivity index (χ0) is 11.4. The van der Waals surface area contributed by atoms with E-state index in [0.29, 0.717) is 23.9 Å². The van der Waals surface area contributed by atoms with Gasteiger partial charge in [0.15, 0.2) is 5.82 Å². The molecule has 0 aliphatic carbocycles. The molecular weight excluding hydrogens is 230 g/mol. The first-order chi connectivity index (χ1) is 7.75. The SMILES string of the molecule is Oc1ccc(Cl)cc1CNCc1ncon1. The summed E-state index contributed by atoms with van der Waals surface area (Å²) >= 11 is 5.82. The number of aromatic hydroxyl groups is 1. The number of nitrogens with one attached hydrogen (secondary N) is 1. The van der Waals surface area contributed by atoms with Crippen LogP contribution in [0.25, 0.3) is 0 Å². The molecule has 0 unspecified atom stereocenters. The van der Waals surface area contributed by atoms with Crippen LogP contribution in [0, 0.1) is 0 Å². The van der Waals surface area contributed by atoms with Crippen LogP contribution in [0.4, 0.5) is 0 Å². The van der Waals surface area contributed by atoms with Crippen LogP contribution in [0.5, 0.6) is 5.75 Å². The second kappa shape index (κ2) is 4.96. The molecule has 0 amide bonds. The van der Waals surface area contributed by atoms with Crippen molar-refractivity contribution in [2.45, 2.75) is 13.1 Å². The van der Waals surface area contributed by atoms with Crippen LogP contribution in [-0.4, -0.2) is 15.2 Å². The van der Waals surface area contributed by atoms with Gasteiger partial charge in [-0.2, -0.15) is 4.98 Å². The van der Waals surface area contributed by atoms with E-state index in [4.69, 9.17) is 11.6 Å². The Hall–Kier alpha value is -1.59. The normalized spacial score (nSPS) is 10.6. The van der Waals surface area contributed by atoms with Gasteiger partial charge in [0, 0.05) is 17.1 Å². The van der Waals surface area contributed by atoms with Gasteiger partial charge in [0.2, 0.25) is 6.39 Å². The summed E-state index contributed by atoms with van der Waals surface area (Å²) in [7, 11) is 0. The summed E-state index contributed by atoms with van der Waals surface area (Å²) in [6, 6.07) is 4.91. The molecule has 0 bridgehead atoms. The highest BCUT2D eigenvalue weighted by Gasteiger charge is 2.03. The Morgan fingerprint density at radius 2 is 2.25 bits per heavy atom. The zero-order valence-electron chi connectivity index (χ0n) is 8.35. The summed E-state index contributed by atoms with van der Waals surface area (Å²) in [5, 5.41) is 16.9. The van der Waals surface area contributed by atoms with Crippen molar-refractivity contribution in [1.82, 2.24) is 15.5 Å². The Balaban J connectivity index is 1.92. The monoisotopic (exact) mass is 239 g/mol. The number of hydrogen-bond acceptors (Lipinski definition) is 5. The van der Waals surface area contributed by atoms with Crippen LogP contribution >= 0.6 is 11.6 Å². The highest BCUT2D eigenvalue weighted by atomic mass is 35.5. The maximum atomic E-state index is 9.54. The van der Waals surface area contributed by atoms with Gasteiger partial charge in [-0.1, -0.05) is 16.8 Å². The Kier molecular flexibility index (Phi) is 3.38. The topological polar surface area (TPSA) is 71.2 Å². The molecule has 0 saturated carbocycles. The predicted octanol–water partition coefficient (Wildman–Crippen LogP) is 1.72. The lowest BCUT2D eigenvalue weighted by Crippen LogP contribution is -2.13. The van der Waals surface area contributed by atoms with Gasteiger partial charge in [-0.15, -0.1) is 0 Å². The fourth-order valence-electron chi connectivity index (χ4n) is 1.27. The molecule has 0 aliphatic rings. The number of nitrogens with zero attached hydrogens (tertiary/aromatic N) is 2. The van der Waals surface area contributed by atoms with Crippen molar-refractivity contribution in [2.24, 2.45) is 0 Å². The summed E-state index contributed by atoms with van der Waals surface area (Å²) in [4.78, 5) is 3.86. The summed E-state index contributed by atoms with van der Waals surface area (Å²) < 4.78 is 4.59. The lowest BCUT2D eigenvalue weighted by molar-refractivity contribution is 0.407. The number of rotatable bonds is 4. The number of phenolic OH excluding ortho intramolecular Hbond substituents is 1. The molecule has 0 atom stereocenters. The van der Waals surface area contributed by atoms with Crippen LogP contribution in [0.1, 0.15) is 11.4 Å². The Bertz CT molecular complexity index is 459. The van der Waals surface area contributed by atoms with E-state index in [2.05, 4.69) is 20.0 Å². The first kappa shape index (κ1) is 10.9. The maximum absolute atomic E-state index is 9.54. The Morgan fingerprint density at radius 1 is 1.38 bits per heavy atom. The standard InChI is InChI=1S/C10H10ClN3O2/c11-8-1-2-9(15)7(3-8)4-12-5-10-13-6-16-14-10/h1-3,6,12,15H,4-5H2. The van der Waals surface area contributed by atoms with E-state index in [0.717, 1.165) is 5.56 Å². The van der Waals surface area contributed by atoms with Crippen LogP contribution in [0.3, 0.4) is 0 Å². The van der Waals surface area contributed by atoms with Crippen LogP contribution in [0.15, 0.2) is 29.1 Å². The van der Waals surface area contributed by atoms with Crippen molar-refractivity contribution in [1.29, 1.82) is 0 Å². The van der Waals surface area contributed by atoms with Gasteiger partial charge in [0.1, 0.15) is 5.75 Å². The van der Waals surface area contributed by atoms with E-state index in [1.165, 1.54) is 6.39 Å². The maximum Gasteiger partial charge on any atom is 0.213 e. The van der Waals surface area contributed by atoms with Crippen molar-refractivity contribution in [2.75, 3.05) is 0 Å². The highest BCUT2D eigenvalue weighted by molar-refractivity contribution is 6.30. The average molecular weight is 240 g/mol. The van der Waals surface area contributed by atoms with Gasteiger partial charge in [0.25, 0.3) is 0 Å². The largest absolute Gasteiger partial charge is 0.508 e. The molecule has 0 radical (unpaired) electrons. The fraction of sp³-hybridized carbons (Fsp3) is 0.200. The first-order valence-electron chi connectivity index (χ1n) is 4.69. The molecule has 6 heteroatoms. The van der Waals surface area contributed by atoms with E-state index in [9.17, 15) is 5.11 Å². The third-order valence-electron chi connectivity index (χ3n) is 2.05. The predicted molar refractivity (Wildman–Crippen MR) is 58.0 cm³/mol. The first-order valence-corrected chi connectivity index (χ1v) is 5.07. The van der Waals surface area contributed by atoms with Crippen molar-refractivity contribution >= 4 is 11.6 Å². The van der Waals surface area contributed by atoms with Gasteiger partial charge in [-0.3, -0.25) is 0 Å². The Labute approximate surface area is 97.1 Å². The lowest BCUT2D eigenvalue weighted by atomic mass is 10.2. The van der Waals surface area contributed by atoms with E-state index in [1.54, 1.807) is 18.2 Å². The Morgan fingerprint density at radius 3 is 3.00 bits per heavy atom. The summed E-state index contributed by atoms with van der Waals surface area (Å²) in [6.45, 7) is 0.962. The molecule has 2 rings (SSSR count). The molecule has 1 heterocycles. The van der Waals surface area contributed by atoms with E-state index in [-0.39, 0.29) is 5.75 Å². The fourth-order valence-corrected chi connectivity index (χ4v) is 1.47. The van der Waals surface area contributed by atoms with E-state index in [1.807, 2.05) is 0 Å². The molecule has 16 heavy (non-hydrogen) atoms. The zero-order valence-corrected chi connectivity index (χ0v) is 9.11. The molecule has 0 aliphatic heterocycles. The molecule has 0 fully saturated rings. The molecule has 0 spiro atoms. The number of benzene rings is 1. The molecule has 2 N–H and O–H groups in total. The minimum Gasteiger partial charge on any atom is -0.508 e. The molecule has 2 aromatic rings. The molecule has 1 aromatic carbocycles. The van der Waals surface area contributed by atoms with Gasteiger partial charge >= 0.3 is 0 Å².